The zero-order chi connectivity index (χ0) is 22.9. The molecule has 0 spiro atoms. The Morgan fingerprint density at radius 1 is 1.06 bits per heavy atom. The van der Waals surface area contributed by atoms with E-state index in [9.17, 15) is 19.7 Å². The second-order valence-corrected chi connectivity index (χ2v) is 7.78. The van der Waals surface area contributed by atoms with Gasteiger partial charge in [-0.3, -0.25) is 10.1 Å². The van der Waals surface area contributed by atoms with Crippen molar-refractivity contribution in [3.05, 3.63) is 67.3 Å². The predicted molar refractivity (Wildman–Crippen MR) is 113 cm³/mol. The molecule has 0 amide bonds. The van der Waals surface area contributed by atoms with E-state index >= 15 is 0 Å². The highest BCUT2D eigenvalue weighted by Crippen LogP contribution is 2.41. The Labute approximate surface area is 190 Å². The van der Waals surface area contributed by atoms with Crippen LogP contribution in [0.2, 0.25) is 15.1 Å². The Balaban J connectivity index is 1.96. The molecule has 162 valence electrons. The minimum Gasteiger partial charge on any atom is -0.454 e. The molecule has 3 rings (SSSR count). The highest BCUT2D eigenvalue weighted by Gasteiger charge is 2.39. The van der Waals surface area contributed by atoms with Gasteiger partial charge in [-0.15, -0.1) is 0 Å². The molecule has 1 heterocycles. The number of benzene rings is 2. The largest absolute Gasteiger partial charge is 0.454 e. The molecule has 1 N–H and O–H groups in total. The van der Waals surface area contributed by atoms with Crippen LogP contribution in [0.1, 0.15) is 13.8 Å². The van der Waals surface area contributed by atoms with Gasteiger partial charge in [-0.2, -0.15) is 0 Å². The Morgan fingerprint density at radius 2 is 1.71 bits per heavy atom. The van der Waals surface area contributed by atoms with Gasteiger partial charge in [0, 0.05) is 32.2 Å². The van der Waals surface area contributed by atoms with E-state index in [1.165, 1.54) is 26.0 Å². The van der Waals surface area contributed by atoms with Crippen LogP contribution in [0.3, 0.4) is 0 Å². The third kappa shape index (κ3) is 5.01. The molecule has 2 aromatic rings. The molecule has 1 aliphatic rings. The van der Waals surface area contributed by atoms with E-state index in [4.69, 9.17) is 49.0 Å². The van der Waals surface area contributed by atoms with Gasteiger partial charge < -0.3 is 19.5 Å². The van der Waals surface area contributed by atoms with Crippen LogP contribution < -0.4 is 10.1 Å². The molecule has 12 heteroatoms. The molecule has 0 saturated carbocycles. The number of carbonyl (C=O) groups is 2. The van der Waals surface area contributed by atoms with Crippen molar-refractivity contribution >= 4 is 58.1 Å². The monoisotopic (exact) mass is 486 g/mol. The first-order chi connectivity index (χ1) is 14.5. The van der Waals surface area contributed by atoms with Gasteiger partial charge in [0.25, 0.3) is 11.5 Å². The molecule has 1 saturated heterocycles. The number of nitrogens with one attached hydrogen (secondary N) is 1. The summed E-state index contributed by atoms with van der Waals surface area (Å²) in [4.78, 5) is 34.8. The number of cyclic esters (lactones) is 2. The number of ether oxygens (including phenoxy) is 3. The quantitative estimate of drug-likeness (QED) is 0.194. The lowest BCUT2D eigenvalue weighted by Gasteiger charge is -2.29. The second-order valence-electron chi connectivity index (χ2n) is 6.59. The Kier molecular flexibility index (Phi) is 6.30. The van der Waals surface area contributed by atoms with Gasteiger partial charge in [-0.25, -0.2) is 9.59 Å². The van der Waals surface area contributed by atoms with Crippen LogP contribution in [0.5, 0.6) is 11.5 Å². The SMILES string of the molecule is CC1(C)OC(=O)C(=CNc2cc(Oc3cccc(Cl)c3Cl)c(Cl)cc2[N+](=O)[O-])C(=O)O1. The smallest absolute Gasteiger partial charge is 0.350 e. The molecule has 0 atom stereocenters. The Morgan fingerprint density at radius 3 is 2.32 bits per heavy atom. The summed E-state index contributed by atoms with van der Waals surface area (Å²) in [6.45, 7) is 2.78. The summed E-state index contributed by atoms with van der Waals surface area (Å²) in [7, 11) is 0. The predicted octanol–water partition coefficient (Wildman–Crippen LogP) is 5.48. The summed E-state index contributed by atoms with van der Waals surface area (Å²) in [5.74, 6) is -3.15. The first-order valence-electron chi connectivity index (χ1n) is 8.51. The van der Waals surface area contributed by atoms with Gasteiger partial charge in [-0.05, 0) is 12.1 Å². The van der Waals surface area contributed by atoms with Crippen molar-refractivity contribution in [2.45, 2.75) is 19.6 Å². The summed E-state index contributed by atoms with van der Waals surface area (Å²) < 4.78 is 15.6. The number of halogens is 3. The second kappa shape index (κ2) is 8.62. The molecule has 0 unspecified atom stereocenters. The van der Waals surface area contributed by atoms with Crippen molar-refractivity contribution in [2.24, 2.45) is 0 Å². The van der Waals surface area contributed by atoms with Gasteiger partial charge in [-0.1, -0.05) is 40.9 Å². The van der Waals surface area contributed by atoms with Crippen LogP contribution in [0.4, 0.5) is 11.4 Å². The maximum absolute atomic E-state index is 12.1. The van der Waals surface area contributed by atoms with Crippen molar-refractivity contribution in [1.82, 2.24) is 0 Å². The molecule has 31 heavy (non-hydrogen) atoms. The van der Waals surface area contributed by atoms with E-state index in [0.717, 1.165) is 12.3 Å². The van der Waals surface area contributed by atoms with E-state index in [-0.39, 0.29) is 32.3 Å². The molecule has 9 nitrogen and oxygen atoms in total. The lowest BCUT2D eigenvalue weighted by atomic mass is 10.2. The minimum absolute atomic E-state index is 0.00673. The number of esters is 2. The van der Waals surface area contributed by atoms with Crippen molar-refractivity contribution in [3.8, 4) is 11.5 Å². The van der Waals surface area contributed by atoms with Crippen LogP contribution in [0.15, 0.2) is 42.1 Å². The molecule has 0 bridgehead atoms. The summed E-state index contributed by atoms with van der Waals surface area (Å²) in [5, 5.41) is 14.2. The number of carbonyl (C=O) groups excluding carboxylic acids is 2. The fourth-order valence-corrected chi connectivity index (χ4v) is 3.02. The average Bonchev–Trinajstić information content (AvgIpc) is 2.65. The number of nitro benzene ring substituents is 1. The average molecular weight is 488 g/mol. The number of nitrogens with zero attached hydrogens (tertiary/aromatic N) is 1. The van der Waals surface area contributed by atoms with Gasteiger partial charge in [0.1, 0.15) is 22.2 Å². The lowest BCUT2D eigenvalue weighted by Crippen LogP contribution is -2.42. The molecule has 2 aromatic carbocycles. The van der Waals surface area contributed by atoms with E-state index in [1.54, 1.807) is 12.1 Å². The number of hydrogen-bond donors (Lipinski definition) is 1. The van der Waals surface area contributed by atoms with Gasteiger partial charge >= 0.3 is 11.9 Å². The lowest BCUT2D eigenvalue weighted by molar-refractivity contribution is -0.383. The molecule has 1 aliphatic heterocycles. The topological polar surface area (TPSA) is 117 Å². The van der Waals surface area contributed by atoms with E-state index < -0.39 is 33.9 Å². The molecule has 0 aromatic heterocycles. The van der Waals surface area contributed by atoms with Gasteiger partial charge in [0.05, 0.1) is 15.0 Å². The summed E-state index contributed by atoms with van der Waals surface area (Å²) in [5.41, 5.74) is -1.05. The standard InChI is InChI=1S/C19H13Cl3N2O7/c1-19(2)30-17(25)9(18(26)31-19)8-23-12-7-15(11(21)6-13(12)24(27)28)29-14-5-3-4-10(20)16(14)22/h3-8,23H,1-2H3. The number of hydrogen-bond acceptors (Lipinski definition) is 8. The van der Waals surface area contributed by atoms with Crippen LogP contribution >= 0.6 is 34.8 Å². The highest BCUT2D eigenvalue weighted by molar-refractivity contribution is 6.43. The van der Waals surface area contributed by atoms with Crippen molar-refractivity contribution in [3.63, 3.8) is 0 Å². The Bertz CT molecular complexity index is 1110. The van der Waals surface area contributed by atoms with E-state index in [0.29, 0.717) is 0 Å². The summed E-state index contributed by atoms with van der Waals surface area (Å²) in [6, 6.07) is 6.91. The van der Waals surface area contributed by atoms with Crippen LogP contribution in [-0.4, -0.2) is 22.6 Å². The maximum atomic E-state index is 12.1. The van der Waals surface area contributed by atoms with Crippen LogP contribution in [0, 0.1) is 10.1 Å². The van der Waals surface area contributed by atoms with E-state index in [1.807, 2.05) is 0 Å². The van der Waals surface area contributed by atoms with Gasteiger partial charge in [0.2, 0.25) is 0 Å². The fourth-order valence-electron chi connectivity index (χ4n) is 2.50. The van der Waals surface area contributed by atoms with Crippen LogP contribution in [0.25, 0.3) is 0 Å². The van der Waals surface area contributed by atoms with Crippen molar-refractivity contribution in [2.75, 3.05) is 5.32 Å². The highest BCUT2D eigenvalue weighted by atomic mass is 35.5. The zero-order valence-electron chi connectivity index (χ0n) is 15.9. The van der Waals surface area contributed by atoms with Crippen molar-refractivity contribution in [1.29, 1.82) is 0 Å². The summed E-state index contributed by atoms with van der Waals surface area (Å²) in [6.07, 6.45) is 0.937. The minimum atomic E-state index is -1.42. The Hall–Kier alpha value is -3.01. The normalized spacial score (nSPS) is 15.1. The van der Waals surface area contributed by atoms with Gasteiger partial charge in [0.15, 0.2) is 5.57 Å². The van der Waals surface area contributed by atoms with Crippen LogP contribution in [-0.2, 0) is 19.1 Å². The van der Waals surface area contributed by atoms with Crippen molar-refractivity contribution < 1.29 is 28.7 Å². The fraction of sp³-hybridized carbons (Fsp3) is 0.158. The summed E-state index contributed by atoms with van der Waals surface area (Å²) >= 11 is 18.2. The molecule has 0 aliphatic carbocycles. The number of rotatable bonds is 5. The van der Waals surface area contributed by atoms with E-state index in [2.05, 4.69) is 5.32 Å². The number of nitro groups is 1. The third-order valence-electron chi connectivity index (χ3n) is 3.87. The first-order valence-corrected chi connectivity index (χ1v) is 9.65. The third-order valence-corrected chi connectivity index (χ3v) is 4.97. The molecular formula is C19H13Cl3N2O7. The first kappa shape index (κ1) is 22.7. The molecule has 1 fully saturated rings. The number of anilines is 1. The molecule has 0 radical (unpaired) electrons. The maximum Gasteiger partial charge on any atom is 0.350 e. The zero-order valence-corrected chi connectivity index (χ0v) is 18.2. The molecular weight excluding hydrogens is 475 g/mol.